The minimum atomic E-state index is 0.342. The summed E-state index contributed by atoms with van der Waals surface area (Å²) in [5.74, 6) is 1.09. The van der Waals surface area contributed by atoms with E-state index in [1.54, 1.807) is 0 Å². The van der Waals surface area contributed by atoms with E-state index in [0.29, 0.717) is 11.9 Å². The summed E-state index contributed by atoms with van der Waals surface area (Å²) in [6, 6.07) is 0.516. The molecule has 1 N–H and O–H groups in total. The molecule has 0 saturated carbocycles. The van der Waals surface area contributed by atoms with Gasteiger partial charge >= 0.3 is 0 Å². The molecule has 2 atom stereocenters. The van der Waals surface area contributed by atoms with E-state index >= 15 is 0 Å². The highest BCUT2D eigenvalue weighted by atomic mass is 16.2. The first-order valence-corrected chi connectivity index (χ1v) is 6.64. The molecule has 0 radical (unpaired) electrons. The molecule has 0 aromatic carbocycles. The Kier molecular flexibility index (Phi) is 5.81. The standard InChI is InChI=1S/C13H26N2O/c1-4-11(2)10-14-12(3)7-9-15-8-5-6-13(15)16/h11-12,14H,4-10H2,1-3H3. The molecule has 3 heteroatoms. The Hall–Kier alpha value is -0.570. The Morgan fingerprint density at radius 2 is 2.19 bits per heavy atom. The molecule has 0 aromatic heterocycles. The number of hydrogen-bond acceptors (Lipinski definition) is 2. The molecule has 16 heavy (non-hydrogen) atoms. The number of carbonyl (C=O) groups excluding carboxylic acids is 1. The van der Waals surface area contributed by atoms with E-state index in [1.807, 2.05) is 4.90 Å². The summed E-state index contributed by atoms with van der Waals surface area (Å²) in [7, 11) is 0. The first-order chi connectivity index (χ1) is 7.63. The van der Waals surface area contributed by atoms with E-state index in [4.69, 9.17) is 0 Å². The summed E-state index contributed by atoms with van der Waals surface area (Å²) in [6.45, 7) is 9.68. The summed E-state index contributed by atoms with van der Waals surface area (Å²) >= 11 is 0. The number of likely N-dealkylation sites (tertiary alicyclic amines) is 1. The van der Waals surface area contributed by atoms with E-state index in [1.165, 1.54) is 6.42 Å². The predicted molar refractivity (Wildman–Crippen MR) is 67.4 cm³/mol. The van der Waals surface area contributed by atoms with Gasteiger partial charge in [-0.2, -0.15) is 0 Å². The van der Waals surface area contributed by atoms with Crippen molar-refractivity contribution in [2.24, 2.45) is 5.92 Å². The van der Waals surface area contributed by atoms with Crippen LogP contribution in [0.25, 0.3) is 0 Å². The minimum Gasteiger partial charge on any atom is -0.343 e. The fraction of sp³-hybridized carbons (Fsp3) is 0.923. The first kappa shape index (κ1) is 13.5. The first-order valence-electron chi connectivity index (χ1n) is 6.64. The van der Waals surface area contributed by atoms with E-state index < -0.39 is 0 Å². The summed E-state index contributed by atoms with van der Waals surface area (Å²) in [6.07, 6.45) is 4.11. The zero-order chi connectivity index (χ0) is 12.0. The molecule has 3 nitrogen and oxygen atoms in total. The molecule has 0 bridgehead atoms. The van der Waals surface area contributed by atoms with Crippen LogP contribution in [0.3, 0.4) is 0 Å². The summed E-state index contributed by atoms with van der Waals surface area (Å²) in [5, 5.41) is 3.53. The molecule has 1 fully saturated rings. The highest BCUT2D eigenvalue weighted by Gasteiger charge is 2.19. The number of rotatable bonds is 7. The van der Waals surface area contributed by atoms with Gasteiger partial charge < -0.3 is 10.2 Å². The lowest BCUT2D eigenvalue weighted by molar-refractivity contribution is -0.127. The fourth-order valence-electron chi connectivity index (χ4n) is 1.94. The third kappa shape index (κ3) is 4.52. The average Bonchev–Trinajstić information content (AvgIpc) is 2.69. The van der Waals surface area contributed by atoms with Crippen molar-refractivity contribution in [3.8, 4) is 0 Å². The molecular weight excluding hydrogens is 200 g/mol. The Balaban J connectivity index is 2.10. The van der Waals surface area contributed by atoms with E-state index in [-0.39, 0.29) is 0 Å². The van der Waals surface area contributed by atoms with Crippen molar-refractivity contribution in [3.05, 3.63) is 0 Å². The normalized spacial score (nSPS) is 20.2. The topological polar surface area (TPSA) is 32.3 Å². The van der Waals surface area contributed by atoms with E-state index in [0.717, 1.165) is 44.8 Å². The highest BCUT2D eigenvalue weighted by molar-refractivity contribution is 5.77. The van der Waals surface area contributed by atoms with Gasteiger partial charge in [-0.25, -0.2) is 0 Å². The number of nitrogens with zero attached hydrogens (tertiary/aromatic N) is 1. The van der Waals surface area contributed by atoms with Gasteiger partial charge in [-0.15, -0.1) is 0 Å². The van der Waals surface area contributed by atoms with Crippen molar-refractivity contribution in [1.29, 1.82) is 0 Å². The van der Waals surface area contributed by atoms with Gasteiger partial charge in [0.15, 0.2) is 0 Å². The number of nitrogens with one attached hydrogen (secondary N) is 1. The third-order valence-electron chi connectivity index (χ3n) is 3.52. The van der Waals surface area contributed by atoms with Crippen molar-refractivity contribution >= 4 is 5.91 Å². The van der Waals surface area contributed by atoms with Crippen LogP contribution in [-0.4, -0.2) is 36.5 Å². The van der Waals surface area contributed by atoms with Crippen molar-refractivity contribution in [2.45, 2.75) is 52.5 Å². The van der Waals surface area contributed by atoms with Crippen LogP contribution in [0.5, 0.6) is 0 Å². The molecule has 1 amide bonds. The molecule has 1 aliphatic heterocycles. The molecule has 1 rings (SSSR count). The fourth-order valence-corrected chi connectivity index (χ4v) is 1.94. The molecule has 0 aliphatic carbocycles. The number of carbonyl (C=O) groups is 1. The average molecular weight is 226 g/mol. The largest absolute Gasteiger partial charge is 0.343 e. The smallest absolute Gasteiger partial charge is 0.222 e. The second-order valence-corrected chi connectivity index (χ2v) is 5.10. The molecule has 94 valence electrons. The molecular formula is C13H26N2O. The van der Waals surface area contributed by atoms with Gasteiger partial charge in [-0.3, -0.25) is 4.79 Å². The molecule has 1 saturated heterocycles. The highest BCUT2D eigenvalue weighted by Crippen LogP contribution is 2.10. The lowest BCUT2D eigenvalue weighted by Gasteiger charge is -2.20. The van der Waals surface area contributed by atoms with Crippen LogP contribution in [-0.2, 0) is 4.79 Å². The summed E-state index contributed by atoms with van der Waals surface area (Å²) < 4.78 is 0. The van der Waals surface area contributed by atoms with Crippen LogP contribution in [0.15, 0.2) is 0 Å². The maximum absolute atomic E-state index is 11.4. The van der Waals surface area contributed by atoms with Gasteiger partial charge in [0.2, 0.25) is 5.91 Å². The Morgan fingerprint density at radius 1 is 1.44 bits per heavy atom. The Labute approximate surface area is 99.6 Å². The van der Waals surface area contributed by atoms with Gasteiger partial charge in [-0.1, -0.05) is 20.3 Å². The predicted octanol–water partition coefficient (Wildman–Crippen LogP) is 2.02. The maximum Gasteiger partial charge on any atom is 0.222 e. The quantitative estimate of drug-likeness (QED) is 0.720. The molecule has 1 aliphatic rings. The zero-order valence-electron chi connectivity index (χ0n) is 11.0. The van der Waals surface area contributed by atoms with Gasteiger partial charge in [0.1, 0.15) is 0 Å². The van der Waals surface area contributed by atoms with Crippen LogP contribution in [0.2, 0.25) is 0 Å². The lowest BCUT2D eigenvalue weighted by atomic mass is 10.1. The van der Waals surface area contributed by atoms with Crippen LogP contribution >= 0.6 is 0 Å². The van der Waals surface area contributed by atoms with Gasteiger partial charge in [-0.05, 0) is 32.2 Å². The Morgan fingerprint density at radius 3 is 2.75 bits per heavy atom. The molecule has 2 unspecified atom stereocenters. The molecule has 0 spiro atoms. The monoisotopic (exact) mass is 226 g/mol. The van der Waals surface area contributed by atoms with Crippen LogP contribution in [0, 0.1) is 5.92 Å². The third-order valence-corrected chi connectivity index (χ3v) is 3.52. The number of hydrogen-bond donors (Lipinski definition) is 1. The number of amides is 1. The zero-order valence-corrected chi connectivity index (χ0v) is 11.0. The second kappa shape index (κ2) is 6.89. The van der Waals surface area contributed by atoms with Gasteiger partial charge in [0, 0.05) is 25.6 Å². The van der Waals surface area contributed by atoms with Crippen molar-refractivity contribution in [1.82, 2.24) is 10.2 Å². The lowest BCUT2D eigenvalue weighted by Crippen LogP contribution is -2.35. The SMILES string of the molecule is CCC(C)CNC(C)CCN1CCCC1=O. The van der Waals surface area contributed by atoms with Crippen LogP contribution < -0.4 is 5.32 Å². The van der Waals surface area contributed by atoms with Gasteiger partial charge in [0.05, 0.1) is 0 Å². The maximum atomic E-state index is 11.4. The van der Waals surface area contributed by atoms with Crippen molar-refractivity contribution in [3.63, 3.8) is 0 Å². The van der Waals surface area contributed by atoms with Crippen molar-refractivity contribution in [2.75, 3.05) is 19.6 Å². The Bertz CT molecular complexity index is 218. The van der Waals surface area contributed by atoms with Gasteiger partial charge in [0.25, 0.3) is 0 Å². The second-order valence-electron chi connectivity index (χ2n) is 5.10. The minimum absolute atomic E-state index is 0.342. The van der Waals surface area contributed by atoms with Crippen LogP contribution in [0.4, 0.5) is 0 Å². The van der Waals surface area contributed by atoms with E-state index in [2.05, 4.69) is 26.1 Å². The van der Waals surface area contributed by atoms with E-state index in [9.17, 15) is 4.79 Å². The summed E-state index contributed by atoms with van der Waals surface area (Å²) in [5.41, 5.74) is 0. The summed E-state index contributed by atoms with van der Waals surface area (Å²) in [4.78, 5) is 13.4. The van der Waals surface area contributed by atoms with Crippen molar-refractivity contribution < 1.29 is 4.79 Å². The molecule has 1 heterocycles. The van der Waals surface area contributed by atoms with Crippen LogP contribution in [0.1, 0.15) is 46.5 Å². The molecule has 0 aromatic rings.